The van der Waals surface area contributed by atoms with Crippen molar-refractivity contribution in [3.05, 3.63) is 0 Å². The molecule has 0 radical (unpaired) electrons. The minimum Gasteiger partial charge on any atom is -0.550 e. The van der Waals surface area contributed by atoms with Crippen molar-refractivity contribution in [3.8, 4) is 0 Å². The summed E-state index contributed by atoms with van der Waals surface area (Å²) in [4.78, 5) is 15.3. The van der Waals surface area contributed by atoms with Crippen LogP contribution in [0.25, 0.3) is 0 Å². The van der Waals surface area contributed by atoms with Crippen LogP contribution < -0.4 is 56.5 Å². The molecule has 2 rings (SSSR count). The maximum absolute atomic E-state index is 10.3. The molecule has 0 spiro atoms. The predicted octanol–water partition coefficient (Wildman–Crippen LogP) is -1.22. The molecule has 0 amide bonds. The molecule has 0 aromatic carbocycles. The number of ether oxygens (including phenoxy) is 2. The van der Waals surface area contributed by atoms with Crippen molar-refractivity contribution >= 4 is 5.97 Å². The van der Waals surface area contributed by atoms with Crippen LogP contribution in [0, 0.1) is 5.92 Å². The number of likely N-dealkylation sites (tertiary alicyclic amines) is 1. The monoisotopic (exact) mass is 424 g/mol. The first-order valence-corrected chi connectivity index (χ1v) is 11.0. The van der Waals surface area contributed by atoms with Crippen LogP contribution in [-0.2, 0) is 14.3 Å². The van der Waals surface area contributed by atoms with E-state index in [9.17, 15) is 9.90 Å². The zero-order chi connectivity index (χ0) is 19.7. The Hall–Kier alpha value is 0.946. The van der Waals surface area contributed by atoms with Gasteiger partial charge in [-0.1, -0.05) is 33.1 Å². The molecule has 6 nitrogen and oxygen atoms in total. The summed E-state index contributed by atoms with van der Waals surface area (Å²) in [5.74, 6) is -1.11. The molecular weight excluding hydrogens is 383 g/mol. The molecule has 2 heterocycles. The van der Waals surface area contributed by atoms with E-state index in [4.69, 9.17) is 9.47 Å². The Morgan fingerprint density at radius 2 is 1.57 bits per heavy atom. The van der Waals surface area contributed by atoms with E-state index in [2.05, 4.69) is 16.7 Å². The van der Waals surface area contributed by atoms with E-state index in [1.807, 2.05) is 6.92 Å². The Morgan fingerprint density at radius 1 is 1.00 bits per heavy atom. The van der Waals surface area contributed by atoms with Gasteiger partial charge >= 0.3 is 51.4 Å². The Kier molecular flexibility index (Phi) is 20.6. The van der Waals surface area contributed by atoms with Gasteiger partial charge < -0.3 is 24.3 Å². The second-order valence-corrected chi connectivity index (χ2v) is 7.54. The Morgan fingerprint density at radius 3 is 2.07 bits per heavy atom. The fourth-order valence-electron chi connectivity index (χ4n) is 3.44. The maximum Gasteiger partial charge on any atom is 1.00 e. The first-order chi connectivity index (χ1) is 13.2. The molecule has 0 saturated carbocycles. The van der Waals surface area contributed by atoms with E-state index >= 15 is 0 Å². The predicted molar refractivity (Wildman–Crippen MR) is 107 cm³/mol. The zero-order valence-corrected chi connectivity index (χ0v) is 21.7. The summed E-state index contributed by atoms with van der Waals surface area (Å²) in [6, 6.07) is 0. The number of carbonyl (C=O) groups excluding carboxylic acids is 1. The fraction of sp³-hybridized carbons (Fsp3) is 0.952. The van der Waals surface area contributed by atoms with Crippen LogP contribution in [0.5, 0.6) is 0 Å². The smallest absolute Gasteiger partial charge is 0.550 e. The van der Waals surface area contributed by atoms with Crippen molar-refractivity contribution < 1.29 is 70.8 Å². The number of unbranched alkanes of at least 4 members (excludes halogenated alkanes) is 1. The van der Waals surface area contributed by atoms with Gasteiger partial charge in [0.15, 0.2) is 0 Å². The number of hydrogen-bond donors (Lipinski definition) is 0. The van der Waals surface area contributed by atoms with Crippen molar-refractivity contribution in [1.29, 1.82) is 0 Å². The van der Waals surface area contributed by atoms with E-state index in [1.165, 1.54) is 32.4 Å². The maximum atomic E-state index is 10.3. The van der Waals surface area contributed by atoms with Crippen LogP contribution in [0.15, 0.2) is 0 Å². The summed E-state index contributed by atoms with van der Waals surface area (Å²) in [6.45, 7) is 14.3. The molecule has 2 fully saturated rings. The van der Waals surface area contributed by atoms with Crippen molar-refractivity contribution in [1.82, 2.24) is 9.80 Å². The summed E-state index contributed by atoms with van der Waals surface area (Å²) in [6.07, 6.45) is 7.67. The molecule has 0 aromatic rings. The minimum atomic E-state index is -0.893. The Labute approximate surface area is 215 Å². The Bertz CT molecular complexity index is 342. The largest absolute Gasteiger partial charge is 1.00 e. The number of aliphatic carboxylic acids is 1. The molecule has 0 aliphatic carbocycles. The average Bonchev–Trinajstić information content (AvgIpc) is 2.70. The number of carbonyl (C=O) groups is 1. The number of carboxylic acids is 1. The molecule has 1 unspecified atom stereocenters. The Balaban J connectivity index is 0.000000577. The van der Waals surface area contributed by atoms with Crippen LogP contribution in [0.2, 0.25) is 0 Å². The third-order valence-electron chi connectivity index (χ3n) is 5.39. The zero-order valence-electron chi connectivity index (χ0n) is 18.6. The van der Waals surface area contributed by atoms with Gasteiger partial charge in [-0.2, -0.15) is 0 Å². The van der Waals surface area contributed by atoms with Gasteiger partial charge in [0.1, 0.15) is 0 Å². The standard InChI is InChI=1S/C13H26N2O2.C8H16O2.K/c1-2-4-14(5-3-1)6-10-16-11-7-15-8-12-17-13-9-15;1-3-5-6-7(4-2)8(9)10;/h1-13H2;7H,3-6H2,1-2H3,(H,9,10);/q;;+1/p-1. The molecule has 160 valence electrons. The van der Waals surface area contributed by atoms with Gasteiger partial charge in [-0.15, -0.1) is 0 Å². The van der Waals surface area contributed by atoms with Gasteiger partial charge in [-0.25, -0.2) is 0 Å². The van der Waals surface area contributed by atoms with E-state index in [1.54, 1.807) is 0 Å². The fourth-order valence-corrected chi connectivity index (χ4v) is 3.44. The number of piperidine rings is 1. The van der Waals surface area contributed by atoms with Gasteiger partial charge in [-0.3, -0.25) is 4.90 Å². The van der Waals surface area contributed by atoms with Gasteiger partial charge in [0.2, 0.25) is 0 Å². The normalized spacial score (nSPS) is 19.2. The first kappa shape index (κ1) is 28.9. The van der Waals surface area contributed by atoms with Crippen molar-refractivity contribution in [2.75, 3.05) is 65.7 Å². The summed E-state index contributed by atoms with van der Waals surface area (Å²) in [5.41, 5.74) is 0. The van der Waals surface area contributed by atoms with Crippen LogP contribution in [-0.4, -0.2) is 81.5 Å². The number of morpholine rings is 1. The quantitative estimate of drug-likeness (QED) is 0.306. The average molecular weight is 425 g/mol. The van der Waals surface area contributed by atoms with E-state index in [-0.39, 0.29) is 57.3 Å². The van der Waals surface area contributed by atoms with Gasteiger partial charge in [-0.05, 0) is 44.7 Å². The van der Waals surface area contributed by atoms with E-state index < -0.39 is 5.97 Å². The molecular formula is C21H41KN2O4. The summed E-state index contributed by atoms with van der Waals surface area (Å²) in [5, 5.41) is 10.3. The molecule has 1 atom stereocenters. The molecule has 0 aromatic heterocycles. The van der Waals surface area contributed by atoms with Gasteiger partial charge in [0, 0.05) is 32.1 Å². The number of nitrogens with zero attached hydrogens (tertiary/aromatic N) is 2. The van der Waals surface area contributed by atoms with Crippen LogP contribution in [0.4, 0.5) is 0 Å². The minimum absolute atomic E-state index is 0. The SMILES string of the molecule is C1CCN(CCOCCN2CCOCC2)CC1.CCCCC(CC)C(=O)[O-].[K+]. The van der Waals surface area contributed by atoms with E-state index in [0.29, 0.717) is 6.42 Å². The molecule has 2 saturated heterocycles. The molecule has 0 bridgehead atoms. The molecule has 7 heteroatoms. The molecule has 28 heavy (non-hydrogen) atoms. The number of hydrogen-bond acceptors (Lipinski definition) is 6. The first-order valence-electron chi connectivity index (χ1n) is 11.0. The van der Waals surface area contributed by atoms with Crippen LogP contribution >= 0.6 is 0 Å². The van der Waals surface area contributed by atoms with Crippen molar-refractivity contribution in [2.45, 2.75) is 58.8 Å². The van der Waals surface area contributed by atoms with Crippen LogP contribution in [0.1, 0.15) is 58.8 Å². The third-order valence-corrected chi connectivity index (χ3v) is 5.39. The van der Waals surface area contributed by atoms with E-state index in [0.717, 1.165) is 71.9 Å². The topological polar surface area (TPSA) is 65.1 Å². The number of rotatable bonds is 11. The second-order valence-electron chi connectivity index (χ2n) is 7.54. The van der Waals surface area contributed by atoms with Crippen molar-refractivity contribution in [3.63, 3.8) is 0 Å². The molecule has 0 N–H and O–H groups in total. The van der Waals surface area contributed by atoms with Gasteiger partial charge in [0.25, 0.3) is 0 Å². The summed E-state index contributed by atoms with van der Waals surface area (Å²) >= 11 is 0. The molecule has 2 aliphatic heterocycles. The third kappa shape index (κ3) is 14.9. The molecule has 2 aliphatic rings. The van der Waals surface area contributed by atoms with Crippen LogP contribution in [0.3, 0.4) is 0 Å². The summed E-state index contributed by atoms with van der Waals surface area (Å²) in [7, 11) is 0. The summed E-state index contributed by atoms with van der Waals surface area (Å²) < 4.78 is 11.0. The second kappa shape index (κ2) is 19.9. The number of carboxylic acid groups (broad SMARTS) is 1. The van der Waals surface area contributed by atoms with Crippen molar-refractivity contribution in [2.24, 2.45) is 5.92 Å². The van der Waals surface area contributed by atoms with Gasteiger partial charge in [0.05, 0.1) is 26.4 Å².